The number of amides is 2. The fraction of sp³-hybridized carbons (Fsp3) is 0.214. The van der Waals surface area contributed by atoms with Gasteiger partial charge in [-0.3, -0.25) is 9.59 Å². The SMILES string of the molecule is COC(=O)c1ccc(N2C(=O)[C@@H]3[C@H](C2=O)C2(C)c4ccccc4C3(C=O)c3ccccc32)cc1. The van der Waals surface area contributed by atoms with Crippen LogP contribution in [0.15, 0.2) is 72.8 Å². The van der Waals surface area contributed by atoms with Gasteiger partial charge in [0.25, 0.3) is 0 Å². The first-order valence-electron chi connectivity index (χ1n) is 11.1. The van der Waals surface area contributed by atoms with Crippen LogP contribution in [0.1, 0.15) is 39.5 Å². The number of methoxy groups -OCH3 is 1. The molecule has 168 valence electrons. The smallest absolute Gasteiger partial charge is 0.337 e. The Labute approximate surface area is 196 Å². The average Bonchev–Trinajstić information content (AvgIpc) is 3.16. The number of ether oxygens (including phenoxy) is 1. The van der Waals surface area contributed by atoms with Crippen LogP contribution < -0.4 is 4.90 Å². The molecule has 1 fully saturated rings. The van der Waals surface area contributed by atoms with E-state index in [1.165, 1.54) is 24.1 Å². The summed E-state index contributed by atoms with van der Waals surface area (Å²) >= 11 is 0. The zero-order valence-corrected chi connectivity index (χ0v) is 18.6. The van der Waals surface area contributed by atoms with E-state index in [0.717, 1.165) is 28.5 Å². The van der Waals surface area contributed by atoms with Gasteiger partial charge in [-0.2, -0.15) is 0 Å². The molecular formula is C28H21NO5. The summed E-state index contributed by atoms with van der Waals surface area (Å²) in [6, 6.07) is 21.5. The molecule has 3 aromatic rings. The Kier molecular flexibility index (Phi) is 4.07. The zero-order valence-electron chi connectivity index (χ0n) is 18.6. The Morgan fingerprint density at radius 3 is 1.82 bits per heavy atom. The molecule has 2 bridgehead atoms. The van der Waals surface area contributed by atoms with E-state index in [1.54, 1.807) is 12.1 Å². The molecule has 6 heteroatoms. The van der Waals surface area contributed by atoms with E-state index >= 15 is 0 Å². The first-order valence-corrected chi connectivity index (χ1v) is 11.1. The number of imide groups is 1. The van der Waals surface area contributed by atoms with Gasteiger partial charge in [0.15, 0.2) is 0 Å². The summed E-state index contributed by atoms with van der Waals surface area (Å²) in [5.74, 6) is -2.82. The van der Waals surface area contributed by atoms with Gasteiger partial charge in [-0.15, -0.1) is 0 Å². The predicted octanol–water partition coefficient (Wildman–Crippen LogP) is 3.40. The molecular weight excluding hydrogens is 430 g/mol. The number of aldehydes is 1. The number of carbonyl (C=O) groups excluding carboxylic acids is 4. The number of hydrogen-bond donors (Lipinski definition) is 0. The Balaban J connectivity index is 1.59. The van der Waals surface area contributed by atoms with Gasteiger partial charge in [0.05, 0.1) is 35.6 Å². The molecule has 0 saturated carbocycles. The third kappa shape index (κ3) is 2.16. The van der Waals surface area contributed by atoms with Crippen molar-refractivity contribution in [1.29, 1.82) is 0 Å². The van der Waals surface area contributed by atoms with E-state index in [1.807, 2.05) is 55.5 Å². The molecule has 2 amide bonds. The Morgan fingerprint density at radius 1 is 0.824 bits per heavy atom. The van der Waals surface area contributed by atoms with Crippen molar-refractivity contribution in [2.75, 3.05) is 12.0 Å². The Bertz CT molecular complexity index is 1360. The molecule has 0 aromatic heterocycles. The molecule has 1 saturated heterocycles. The topological polar surface area (TPSA) is 80.8 Å². The monoisotopic (exact) mass is 451 g/mol. The van der Waals surface area contributed by atoms with Gasteiger partial charge in [-0.1, -0.05) is 55.5 Å². The number of benzene rings is 3. The number of carbonyl (C=O) groups is 4. The summed E-state index contributed by atoms with van der Waals surface area (Å²) in [6.45, 7) is 2.01. The number of rotatable bonds is 3. The minimum atomic E-state index is -1.25. The zero-order chi connectivity index (χ0) is 23.8. The van der Waals surface area contributed by atoms with Crippen molar-refractivity contribution in [3.8, 4) is 0 Å². The summed E-state index contributed by atoms with van der Waals surface area (Å²) in [4.78, 5) is 54.0. The van der Waals surface area contributed by atoms with E-state index < -0.39 is 34.5 Å². The molecule has 2 atom stereocenters. The van der Waals surface area contributed by atoms with Gasteiger partial charge >= 0.3 is 5.97 Å². The second-order valence-corrected chi connectivity index (χ2v) is 9.29. The van der Waals surface area contributed by atoms with Crippen molar-refractivity contribution >= 4 is 29.8 Å². The number of hydrogen-bond acceptors (Lipinski definition) is 5. The highest BCUT2D eigenvalue weighted by Gasteiger charge is 2.72. The third-order valence-corrected chi connectivity index (χ3v) is 8.02. The molecule has 1 heterocycles. The number of nitrogens with zero attached hydrogens (tertiary/aromatic N) is 1. The van der Waals surface area contributed by atoms with E-state index in [-0.39, 0.29) is 5.91 Å². The molecule has 1 aliphatic heterocycles. The summed E-state index contributed by atoms with van der Waals surface area (Å²) in [6.07, 6.45) is 0.857. The average molecular weight is 451 g/mol. The molecule has 0 N–H and O–H groups in total. The fourth-order valence-corrected chi connectivity index (χ4v) is 6.58. The minimum Gasteiger partial charge on any atom is -0.465 e. The first-order chi connectivity index (χ1) is 16.4. The van der Waals surface area contributed by atoms with Gasteiger partial charge in [0.2, 0.25) is 11.8 Å². The van der Waals surface area contributed by atoms with Crippen LogP contribution in [0.5, 0.6) is 0 Å². The quantitative estimate of drug-likeness (QED) is 0.346. The highest BCUT2D eigenvalue weighted by Crippen LogP contribution is 2.66. The lowest BCUT2D eigenvalue weighted by Crippen LogP contribution is -2.61. The van der Waals surface area contributed by atoms with Gasteiger partial charge in [0, 0.05) is 5.41 Å². The molecule has 0 radical (unpaired) electrons. The van der Waals surface area contributed by atoms with Crippen LogP contribution in [-0.4, -0.2) is 31.2 Å². The molecule has 7 rings (SSSR count). The Hall–Kier alpha value is -4.06. The van der Waals surface area contributed by atoms with Crippen molar-refractivity contribution in [2.24, 2.45) is 11.8 Å². The normalized spacial score (nSPS) is 28.2. The summed E-state index contributed by atoms with van der Waals surface area (Å²) in [5.41, 5.74) is 2.07. The molecule has 0 unspecified atom stereocenters. The molecule has 4 aliphatic rings. The molecule has 3 aromatic carbocycles. The summed E-state index contributed by atoms with van der Waals surface area (Å²) in [7, 11) is 1.29. The van der Waals surface area contributed by atoms with Crippen LogP contribution in [0, 0.1) is 11.8 Å². The standard InChI is InChI=1S/C28H21NO5/c1-27-18-7-3-5-9-20(18)28(15-30,21-10-6-4-8-19(21)27)23-22(27)24(31)29(25(23)32)17-13-11-16(12-14-17)26(33)34-2/h3-15,22-23H,1-2H3/t22-,23+,27?,28?/m1/s1. The minimum absolute atomic E-state index is 0.318. The van der Waals surface area contributed by atoms with Crippen molar-refractivity contribution in [3.05, 3.63) is 101 Å². The van der Waals surface area contributed by atoms with Crippen LogP contribution in [0.2, 0.25) is 0 Å². The molecule has 3 aliphatic carbocycles. The first kappa shape index (κ1) is 20.5. The van der Waals surface area contributed by atoms with Gasteiger partial charge in [-0.05, 0) is 46.5 Å². The van der Waals surface area contributed by atoms with E-state index in [4.69, 9.17) is 4.74 Å². The van der Waals surface area contributed by atoms with Crippen molar-refractivity contribution in [1.82, 2.24) is 0 Å². The van der Waals surface area contributed by atoms with E-state index in [2.05, 4.69) is 0 Å². The molecule has 0 spiro atoms. The largest absolute Gasteiger partial charge is 0.465 e. The second kappa shape index (κ2) is 6.73. The molecule has 34 heavy (non-hydrogen) atoms. The summed E-state index contributed by atoms with van der Waals surface area (Å²) < 4.78 is 4.74. The number of anilines is 1. The highest BCUT2D eigenvalue weighted by molar-refractivity contribution is 6.25. The lowest BCUT2D eigenvalue weighted by atomic mass is 9.42. The Morgan fingerprint density at radius 2 is 1.32 bits per heavy atom. The second-order valence-electron chi connectivity index (χ2n) is 9.29. The van der Waals surface area contributed by atoms with Crippen molar-refractivity contribution < 1.29 is 23.9 Å². The number of esters is 1. The van der Waals surface area contributed by atoms with Gasteiger partial charge in [-0.25, -0.2) is 9.69 Å². The maximum Gasteiger partial charge on any atom is 0.337 e. The highest BCUT2D eigenvalue weighted by atomic mass is 16.5. The van der Waals surface area contributed by atoms with Gasteiger partial charge < -0.3 is 9.53 Å². The summed E-state index contributed by atoms with van der Waals surface area (Å²) in [5, 5.41) is 0. The van der Waals surface area contributed by atoms with Crippen molar-refractivity contribution in [2.45, 2.75) is 17.8 Å². The van der Waals surface area contributed by atoms with Crippen LogP contribution in [0.25, 0.3) is 0 Å². The predicted molar refractivity (Wildman–Crippen MR) is 123 cm³/mol. The van der Waals surface area contributed by atoms with Crippen LogP contribution in [-0.2, 0) is 30.0 Å². The third-order valence-electron chi connectivity index (χ3n) is 8.02. The van der Waals surface area contributed by atoms with Crippen LogP contribution in [0.3, 0.4) is 0 Å². The fourth-order valence-electron chi connectivity index (χ4n) is 6.58. The van der Waals surface area contributed by atoms with Gasteiger partial charge in [0.1, 0.15) is 6.29 Å². The van der Waals surface area contributed by atoms with Crippen LogP contribution >= 0.6 is 0 Å². The van der Waals surface area contributed by atoms with E-state index in [9.17, 15) is 19.2 Å². The molecule has 6 nitrogen and oxygen atoms in total. The lowest BCUT2D eigenvalue weighted by molar-refractivity contribution is -0.129. The maximum absolute atomic E-state index is 14.0. The van der Waals surface area contributed by atoms with Crippen molar-refractivity contribution in [3.63, 3.8) is 0 Å². The van der Waals surface area contributed by atoms with E-state index in [0.29, 0.717) is 11.3 Å². The van der Waals surface area contributed by atoms with Crippen LogP contribution in [0.4, 0.5) is 5.69 Å². The maximum atomic E-state index is 14.0. The lowest BCUT2D eigenvalue weighted by Gasteiger charge is -2.56.